The fourth-order valence-electron chi connectivity index (χ4n) is 3.18. The molecule has 0 radical (unpaired) electrons. The van der Waals surface area contributed by atoms with Crippen LogP contribution in [0.1, 0.15) is 24.9 Å². The lowest BCUT2D eigenvalue weighted by atomic mass is 10.1. The van der Waals surface area contributed by atoms with Crippen molar-refractivity contribution in [1.29, 1.82) is 0 Å². The molecule has 0 bridgehead atoms. The number of nitrogens with zero attached hydrogens (tertiary/aromatic N) is 1. The number of alkyl halides is 2. The molecule has 2 fully saturated rings. The van der Waals surface area contributed by atoms with E-state index in [-0.39, 0.29) is 30.9 Å². The molecule has 2 aliphatic heterocycles. The maximum Gasteiger partial charge on any atom is 0.262 e. The number of carbonyl (C=O) groups is 1. The van der Waals surface area contributed by atoms with E-state index in [0.717, 1.165) is 31.9 Å². The molecule has 1 aromatic carbocycles. The molecular weight excluding hydrogens is 387 g/mol. The van der Waals surface area contributed by atoms with Crippen LogP contribution in [0.4, 0.5) is 14.5 Å². The van der Waals surface area contributed by atoms with Crippen LogP contribution in [0.15, 0.2) is 24.3 Å². The summed E-state index contributed by atoms with van der Waals surface area (Å²) >= 11 is 0. The van der Waals surface area contributed by atoms with E-state index in [4.69, 9.17) is 4.74 Å². The van der Waals surface area contributed by atoms with Crippen molar-refractivity contribution in [2.75, 3.05) is 38.2 Å². The molecule has 3 rings (SSSR count). The van der Waals surface area contributed by atoms with Crippen molar-refractivity contribution in [3.63, 3.8) is 0 Å². The highest BCUT2D eigenvalue weighted by atomic mass is 35.5. The van der Waals surface area contributed by atoms with Gasteiger partial charge in [0.1, 0.15) is 0 Å². The summed E-state index contributed by atoms with van der Waals surface area (Å²) in [6.45, 7) is 4.87. The Hall–Kier alpha value is -0.990. The van der Waals surface area contributed by atoms with Crippen molar-refractivity contribution in [2.45, 2.75) is 31.4 Å². The molecule has 0 saturated carbocycles. The van der Waals surface area contributed by atoms with Gasteiger partial charge in [-0.3, -0.25) is 15.0 Å². The second-order valence-electron chi connectivity index (χ2n) is 6.43. The number of halogens is 4. The summed E-state index contributed by atoms with van der Waals surface area (Å²) in [5.74, 6) is -3.22. The van der Waals surface area contributed by atoms with Crippen LogP contribution in [0, 0.1) is 0 Å². The van der Waals surface area contributed by atoms with Gasteiger partial charge in [0.25, 0.3) is 5.92 Å². The van der Waals surface area contributed by atoms with Crippen LogP contribution in [0.5, 0.6) is 0 Å². The molecule has 2 unspecified atom stereocenters. The van der Waals surface area contributed by atoms with E-state index >= 15 is 0 Å². The molecule has 2 aliphatic rings. The number of carbonyl (C=O) groups excluding carboxylic acids is 1. The second-order valence-corrected chi connectivity index (χ2v) is 6.43. The summed E-state index contributed by atoms with van der Waals surface area (Å²) in [5.41, 5.74) is 1.72. The smallest absolute Gasteiger partial charge is 0.262 e. The Bertz CT molecular complexity index is 601. The van der Waals surface area contributed by atoms with Crippen LogP contribution in [0.2, 0.25) is 0 Å². The zero-order valence-electron chi connectivity index (χ0n) is 14.5. The first kappa shape index (κ1) is 23.0. The maximum atomic E-state index is 13.2. The lowest BCUT2D eigenvalue weighted by molar-refractivity contribution is -0.118. The predicted molar refractivity (Wildman–Crippen MR) is 102 cm³/mol. The number of hydrogen-bond donors (Lipinski definition) is 2. The number of ether oxygens (including phenoxy) is 1. The Kier molecular flexibility index (Phi) is 8.69. The van der Waals surface area contributed by atoms with Crippen molar-refractivity contribution in [2.24, 2.45) is 0 Å². The summed E-state index contributed by atoms with van der Waals surface area (Å²) in [6, 6.07) is 6.93. The zero-order chi connectivity index (χ0) is 17.2. The predicted octanol–water partition coefficient (Wildman–Crippen LogP) is 2.86. The van der Waals surface area contributed by atoms with E-state index in [9.17, 15) is 13.6 Å². The average Bonchev–Trinajstić information content (AvgIpc) is 2.95. The minimum atomic E-state index is -2.81. The minimum Gasteiger partial charge on any atom is -0.379 e. The molecule has 9 heteroatoms. The second kappa shape index (κ2) is 9.80. The number of anilines is 1. The summed E-state index contributed by atoms with van der Waals surface area (Å²) in [5, 5.41) is 5.31. The molecule has 0 aliphatic carbocycles. The Morgan fingerprint density at radius 1 is 1.35 bits per heavy atom. The van der Waals surface area contributed by atoms with Gasteiger partial charge >= 0.3 is 0 Å². The third-order valence-corrected chi connectivity index (χ3v) is 4.66. The molecule has 26 heavy (non-hydrogen) atoms. The Labute approximate surface area is 164 Å². The summed E-state index contributed by atoms with van der Waals surface area (Å²) in [4.78, 5) is 14.5. The molecule has 1 aromatic rings. The summed E-state index contributed by atoms with van der Waals surface area (Å²) in [6.07, 6.45) is -0.456. The number of rotatable bonds is 4. The molecule has 2 saturated heterocycles. The zero-order valence-corrected chi connectivity index (χ0v) is 16.2. The van der Waals surface area contributed by atoms with E-state index in [1.54, 1.807) is 6.07 Å². The van der Waals surface area contributed by atoms with Gasteiger partial charge in [0.05, 0.1) is 25.8 Å². The molecule has 2 heterocycles. The molecule has 1 amide bonds. The average molecular weight is 412 g/mol. The van der Waals surface area contributed by atoms with Crippen molar-refractivity contribution >= 4 is 36.4 Å². The fraction of sp³-hybridized carbons (Fsp3) is 0.588. The Balaban J connectivity index is 0.00000169. The van der Waals surface area contributed by atoms with Gasteiger partial charge in [0.2, 0.25) is 5.91 Å². The monoisotopic (exact) mass is 411 g/mol. The van der Waals surface area contributed by atoms with Crippen molar-refractivity contribution < 1.29 is 18.3 Å². The SMILES string of the molecule is CC(c1cccc(NC(=O)C2CC(F)(F)CN2)c1)N1CCOCC1.Cl.Cl. The standard InChI is InChI=1S/C17H23F2N3O2.2ClH/c1-12(22-5-7-24-8-6-22)13-3-2-4-14(9-13)21-16(23)15-10-17(18,19)11-20-15;;/h2-4,9,12,15,20H,5-8,10-11H2,1H3,(H,21,23);2*1H. The van der Waals surface area contributed by atoms with Crippen molar-refractivity contribution in [3.05, 3.63) is 29.8 Å². The number of nitrogens with one attached hydrogen (secondary N) is 2. The van der Waals surface area contributed by atoms with Gasteiger partial charge in [0.15, 0.2) is 0 Å². The van der Waals surface area contributed by atoms with Crippen LogP contribution >= 0.6 is 24.8 Å². The van der Waals surface area contributed by atoms with Gasteiger partial charge in [-0.15, -0.1) is 24.8 Å². The van der Waals surface area contributed by atoms with Crippen LogP contribution < -0.4 is 10.6 Å². The summed E-state index contributed by atoms with van der Waals surface area (Å²) in [7, 11) is 0. The van der Waals surface area contributed by atoms with Crippen molar-refractivity contribution in [1.82, 2.24) is 10.2 Å². The van der Waals surface area contributed by atoms with Crippen LogP contribution in [0.25, 0.3) is 0 Å². The Morgan fingerprint density at radius 2 is 2.04 bits per heavy atom. The lowest BCUT2D eigenvalue weighted by Crippen LogP contribution is -2.38. The first-order valence-electron chi connectivity index (χ1n) is 8.28. The van der Waals surface area contributed by atoms with E-state index in [1.807, 2.05) is 18.2 Å². The van der Waals surface area contributed by atoms with Crippen LogP contribution in [0.3, 0.4) is 0 Å². The largest absolute Gasteiger partial charge is 0.379 e. The quantitative estimate of drug-likeness (QED) is 0.799. The van der Waals surface area contributed by atoms with Gasteiger partial charge in [-0.25, -0.2) is 8.78 Å². The highest BCUT2D eigenvalue weighted by molar-refractivity contribution is 5.95. The molecular formula is C17H25Cl2F2N3O2. The van der Waals surface area contributed by atoms with E-state index < -0.39 is 30.8 Å². The lowest BCUT2D eigenvalue weighted by Gasteiger charge is -2.32. The molecule has 0 aromatic heterocycles. The third-order valence-electron chi connectivity index (χ3n) is 4.66. The van der Waals surface area contributed by atoms with E-state index in [0.29, 0.717) is 5.69 Å². The molecule has 148 valence electrons. The van der Waals surface area contributed by atoms with Gasteiger partial charge in [0, 0.05) is 31.2 Å². The van der Waals surface area contributed by atoms with Crippen LogP contribution in [-0.2, 0) is 9.53 Å². The van der Waals surface area contributed by atoms with Gasteiger partial charge in [-0.1, -0.05) is 12.1 Å². The van der Waals surface area contributed by atoms with Gasteiger partial charge in [-0.2, -0.15) is 0 Å². The number of amides is 1. The Morgan fingerprint density at radius 3 is 2.65 bits per heavy atom. The fourth-order valence-corrected chi connectivity index (χ4v) is 3.18. The third kappa shape index (κ3) is 5.76. The van der Waals surface area contributed by atoms with E-state index in [2.05, 4.69) is 22.5 Å². The van der Waals surface area contributed by atoms with Crippen LogP contribution in [-0.4, -0.2) is 55.6 Å². The summed E-state index contributed by atoms with van der Waals surface area (Å²) < 4.78 is 31.8. The van der Waals surface area contributed by atoms with Crippen molar-refractivity contribution in [3.8, 4) is 0 Å². The number of morpholine rings is 1. The molecule has 2 atom stereocenters. The van der Waals surface area contributed by atoms with E-state index in [1.165, 1.54) is 0 Å². The first-order valence-corrected chi connectivity index (χ1v) is 8.28. The highest BCUT2D eigenvalue weighted by Crippen LogP contribution is 2.27. The topological polar surface area (TPSA) is 53.6 Å². The first-order chi connectivity index (χ1) is 11.4. The van der Waals surface area contributed by atoms with Gasteiger partial charge in [-0.05, 0) is 24.6 Å². The molecule has 2 N–H and O–H groups in total. The highest BCUT2D eigenvalue weighted by Gasteiger charge is 2.42. The number of hydrogen-bond acceptors (Lipinski definition) is 4. The number of benzene rings is 1. The molecule has 0 spiro atoms. The normalized spacial score (nSPS) is 23.4. The van der Waals surface area contributed by atoms with Gasteiger partial charge < -0.3 is 10.1 Å². The minimum absolute atomic E-state index is 0. The molecule has 5 nitrogen and oxygen atoms in total. The maximum absolute atomic E-state index is 13.2.